The van der Waals surface area contributed by atoms with E-state index in [-0.39, 0.29) is 17.4 Å². The molecule has 0 saturated carbocycles. The van der Waals surface area contributed by atoms with Crippen LogP contribution in [0.15, 0.2) is 47.4 Å². The van der Waals surface area contributed by atoms with Gasteiger partial charge in [0.2, 0.25) is 10.0 Å². The van der Waals surface area contributed by atoms with Crippen LogP contribution in [-0.4, -0.2) is 51.0 Å². The zero-order valence-corrected chi connectivity index (χ0v) is 19.8. The highest BCUT2D eigenvalue weighted by atomic mass is 32.2. The second kappa shape index (κ2) is 10.8. The molecule has 8 heteroatoms. The predicted octanol–water partition coefficient (Wildman–Crippen LogP) is 3.44. The Kier molecular flexibility index (Phi) is 8.15. The molecule has 1 fully saturated rings. The van der Waals surface area contributed by atoms with Gasteiger partial charge in [-0.25, -0.2) is 8.42 Å². The molecule has 7 nitrogen and oxygen atoms in total. The quantitative estimate of drug-likeness (QED) is 0.580. The van der Waals surface area contributed by atoms with Crippen molar-refractivity contribution in [2.45, 2.75) is 51.0 Å². The van der Waals surface area contributed by atoms with Crippen molar-refractivity contribution in [3.8, 4) is 11.5 Å². The first kappa shape index (κ1) is 24.1. The molecule has 1 heterocycles. The Morgan fingerprint density at radius 3 is 2.44 bits per heavy atom. The average Bonchev–Trinajstić information content (AvgIpc) is 2.80. The Labute approximate surface area is 190 Å². The van der Waals surface area contributed by atoms with Crippen molar-refractivity contribution in [3.63, 3.8) is 0 Å². The van der Waals surface area contributed by atoms with Gasteiger partial charge in [0.15, 0.2) is 6.10 Å². The summed E-state index contributed by atoms with van der Waals surface area (Å²) in [5.74, 6) is 1.03. The number of hydrogen-bond donors (Lipinski definition) is 1. The second-order valence-corrected chi connectivity index (χ2v) is 9.97. The van der Waals surface area contributed by atoms with E-state index >= 15 is 0 Å². The van der Waals surface area contributed by atoms with Crippen molar-refractivity contribution < 1.29 is 22.7 Å². The molecule has 0 spiro atoms. The third-order valence-corrected chi connectivity index (χ3v) is 7.59. The first-order valence-electron chi connectivity index (χ1n) is 11.0. The molecule has 3 rings (SSSR count). The molecule has 1 atom stereocenters. The Bertz CT molecular complexity index is 1020. The number of carbonyl (C=O) groups excluding carboxylic acids is 1. The van der Waals surface area contributed by atoms with Gasteiger partial charge in [-0.15, -0.1) is 0 Å². The summed E-state index contributed by atoms with van der Waals surface area (Å²) in [6.45, 7) is 7.40. The van der Waals surface area contributed by atoms with E-state index in [1.54, 1.807) is 35.5 Å². The SMILES string of the molecule is Cc1cccc(O[C@@H](C)C(=O)NCCOc2ccc(S(=O)(=O)N3CCCCC3)cc2)c1C. The number of ether oxygens (including phenoxy) is 2. The largest absolute Gasteiger partial charge is 0.492 e. The molecule has 2 aromatic carbocycles. The van der Waals surface area contributed by atoms with Crippen LogP contribution >= 0.6 is 0 Å². The van der Waals surface area contributed by atoms with Crippen molar-refractivity contribution in [2.24, 2.45) is 0 Å². The zero-order chi connectivity index (χ0) is 23.1. The first-order chi connectivity index (χ1) is 15.3. The molecular weight excluding hydrogens is 428 g/mol. The van der Waals surface area contributed by atoms with E-state index in [0.29, 0.717) is 31.1 Å². The van der Waals surface area contributed by atoms with E-state index < -0.39 is 16.1 Å². The van der Waals surface area contributed by atoms with Gasteiger partial charge in [0, 0.05) is 13.1 Å². The minimum Gasteiger partial charge on any atom is -0.492 e. The molecule has 0 unspecified atom stereocenters. The fraction of sp³-hybridized carbons (Fsp3) is 0.458. The second-order valence-electron chi connectivity index (χ2n) is 8.03. The van der Waals surface area contributed by atoms with Gasteiger partial charge >= 0.3 is 0 Å². The first-order valence-corrected chi connectivity index (χ1v) is 12.5. The molecule has 1 N–H and O–H groups in total. The average molecular weight is 461 g/mol. The van der Waals surface area contributed by atoms with E-state index in [9.17, 15) is 13.2 Å². The number of sulfonamides is 1. The van der Waals surface area contributed by atoms with Gasteiger partial charge in [-0.05, 0) is 75.1 Å². The van der Waals surface area contributed by atoms with Gasteiger partial charge in [-0.2, -0.15) is 4.31 Å². The summed E-state index contributed by atoms with van der Waals surface area (Å²) < 4.78 is 38.4. The van der Waals surface area contributed by atoms with Gasteiger partial charge in [0.05, 0.1) is 11.4 Å². The molecule has 1 amide bonds. The number of amides is 1. The molecule has 1 aliphatic heterocycles. The molecular formula is C24H32N2O5S. The maximum atomic E-state index is 12.7. The van der Waals surface area contributed by atoms with Crippen LogP contribution in [0.25, 0.3) is 0 Å². The smallest absolute Gasteiger partial charge is 0.260 e. The lowest BCUT2D eigenvalue weighted by Crippen LogP contribution is -2.38. The number of carbonyl (C=O) groups is 1. The molecule has 0 aromatic heterocycles. The fourth-order valence-corrected chi connectivity index (χ4v) is 5.06. The van der Waals surface area contributed by atoms with Gasteiger partial charge < -0.3 is 14.8 Å². The molecule has 32 heavy (non-hydrogen) atoms. The lowest BCUT2D eigenvalue weighted by atomic mass is 10.1. The molecule has 1 aliphatic rings. The number of hydrogen-bond acceptors (Lipinski definition) is 5. The van der Waals surface area contributed by atoms with Crippen LogP contribution in [0.3, 0.4) is 0 Å². The maximum absolute atomic E-state index is 12.7. The number of nitrogens with one attached hydrogen (secondary N) is 1. The standard InChI is InChI=1S/C24H32N2O5S/c1-18-8-7-9-23(19(18)2)31-20(3)24(27)25-14-17-30-21-10-12-22(13-11-21)32(28,29)26-15-5-4-6-16-26/h7-13,20H,4-6,14-17H2,1-3H3,(H,25,27)/t20-/m0/s1. The van der Waals surface area contributed by atoms with Crippen LogP contribution in [-0.2, 0) is 14.8 Å². The number of aryl methyl sites for hydroxylation is 1. The Hall–Kier alpha value is -2.58. The van der Waals surface area contributed by atoms with Crippen LogP contribution in [0.1, 0.15) is 37.3 Å². The molecule has 0 aliphatic carbocycles. The van der Waals surface area contributed by atoms with E-state index in [1.807, 2.05) is 32.0 Å². The molecule has 0 bridgehead atoms. The van der Waals surface area contributed by atoms with Crippen LogP contribution in [0.2, 0.25) is 0 Å². The minimum absolute atomic E-state index is 0.225. The van der Waals surface area contributed by atoms with Crippen LogP contribution in [0.4, 0.5) is 0 Å². The van der Waals surface area contributed by atoms with Gasteiger partial charge in [0.1, 0.15) is 18.1 Å². The number of piperidine rings is 1. The summed E-state index contributed by atoms with van der Waals surface area (Å²) in [6, 6.07) is 12.2. The molecule has 174 valence electrons. The van der Waals surface area contributed by atoms with Gasteiger partial charge in [0.25, 0.3) is 5.91 Å². The minimum atomic E-state index is -3.45. The van der Waals surface area contributed by atoms with E-state index in [4.69, 9.17) is 9.47 Å². The summed E-state index contributed by atoms with van der Waals surface area (Å²) in [5, 5.41) is 2.79. The third-order valence-electron chi connectivity index (χ3n) is 5.67. The van der Waals surface area contributed by atoms with Crippen molar-refractivity contribution >= 4 is 15.9 Å². The fourth-order valence-electron chi connectivity index (χ4n) is 3.54. The summed E-state index contributed by atoms with van der Waals surface area (Å²) in [5.41, 5.74) is 2.12. The van der Waals surface area contributed by atoms with Crippen molar-refractivity contribution in [3.05, 3.63) is 53.6 Å². The zero-order valence-electron chi connectivity index (χ0n) is 19.0. The van der Waals surface area contributed by atoms with E-state index in [1.165, 1.54) is 0 Å². The predicted molar refractivity (Wildman–Crippen MR) is 124 cm³/mol. The highest BCUT2D eigenvalue weighted by Crippen LogP contribution is 2.23. The Balaban J connectivity index is 1.44. The van der Waals surface area contributed by atoms with Crippen LogP contribution in [0.5, 0.6) is 11.5 Å². The van der Waals surface area contributed by atoms with Crippen molar-refractivity contribution in [1.29, 1.82) is 0 Å². The summed E-state index contributed by atoms with van der Waals surface area (Å²) in [7, 11) is -3.45. The maximum Gasteiger partial charge on any atom is 0.260 e. The molecule has 1 saturated heterocycles. The van der Waals surface area contributed by atoms with Crippen LogP contribution in [0, 0.1) is 13.8 Å². The summed E-state index contributed by atoms with van der Waals surface area (Å²) >= 11 is 0. The van der Waals surface area contributed by atoms with Crippen LogP contribution < -0.4 is 14.8 Å². The number of benzene rings is 2. The Morgan fingerprint density at radius 1 is 1.06 bits per heavy atom. The lowest BCUT2D eigenvalue weighted by molar-refractivity contribution is -0.127. The summed E-state index contributed by atoms with van der Waals surface area (Å²) in [4.78, 5) is 12.6. The van der Waals surface area contributed by atoms with Crippen molar-refractivity contribution in [1.82, 2.24) is 9.62 Å². The Morgan fingerprint density at radius 2 is 1.75 bits per heavy atom. The lowest BCUT2D eigenvalue weighted by Gasteiger charge is -2.25. The summed E-state index contributed by atoms with van der Waals surface area (Å²) in [6.07, 6.45) is 2.25. The molecule has 0 radical (unpaired) electrons. The highest BCUT2D eigenvalue weighted by Gasteiger charge is 2.25. The highest BCUT2D eigenvalue weighted by molar-refractivity contribution is 7.89. The van der Waals surface area contributed by atoms with E-state index in [0.717, 1.165) is 30.4 Å². The van der Waals surface area contributed by atoms with Gasteiger partial charge in [-0.1, -0.05) is 18.6 Å². The molecule has 2 aromatic rings. The van der Waals surface area contributed by atoms with E-state index in [2.05, 4.69) is 5.32 Å². The topological polar surface area (TPSA) is 84.9 Å². The number of rotatable bonds is 9. The number of nitrogens with zero attached hydrogens (tertiary/aromatic N) is 1. The van der Waals surface area contributed by atoms with Crippen molar-refractivity contribution in [2.75, 3.05) is 26.2 Å². The normalized spacial score (nSPS) is 15.7. The van der Waals surface area contributed by atoms with Gasteiger partial charge in [-0.3, -0.25) is 4.79 Å². The monoisotopic (exact) mass is 460 g/mol. The third kappa shape index (κ3) is 6.01.